The number of benzene rings is 3. The van der Waals surface area contributed by atoms with Gasteiger partial charge in [-0.25, -0.2) is 13.1 Å². The number of sulfonamides is 1. The van der Waals surface area contributed by atoms with Crippen molar-refractivity contribution in [1.82, 2.24) is 19.0 Å². The zero-order chi connectivity index (χ0) is 27.6. The Bertz CT molecular complexity index is 1660. The molecular weight excluding hydrogens is 505 g/mol. The Morgan fingerprint density at radius 3 is 2.41 bits per heavy atom. The number of hydrogen-bond donors (Lipinski definition) is 0. The predicted molar refractivity (Wildman–Crippen MR) is 161 cm³/mol. The van der Waals surface area contributed by atoms with E-state index in [4.69, 9.17) is 7.85 Å². The highest BCUT2D eigenvalue weighted by molar-refractivity contribution is 7.93. The molecule has 1 aliphatic heterocycles. The van der Waals surface area contributed by atoms with Crippen LogP contribution in [0.4, 0.5) is 5.69 Å². The van der Waals surface area contributed by atoms with Crippen LogP contribution in [0.2, 0.25) is 0 Å². The van der Waals surface area contributed by atoms with Crippen molar-refractivity contribution < 1.29 is 8.42 Å². The molecule has 0 bridgehead atoms. The Labute approximate surface area is 231 Å². The maximum absolute atomic E-state index is 13.7. The molecule has 2 radical (unpaired) electrons. The number of nitrogens with zero attached hydrogens (tertiary/aromatic N) is 5. The summed E-state index contributed by atoms with van der Waals surface area (Å²) >= 11 is 0. The Balaban J connectivity index is 1.49. The van der Waals surface area contributed by atoms with Crippen LogP contribution < -0.4 is 10.4 Å². The molecule has 0 atom stereocenters. The normalized spacial score (nSPS) is 15.6. The van der Waals surface area contributed by atoms with Gasteiger partial charge < -0.3 is 9.80 Å². The van der Waals surface area contributed by atoms with Gasteiger partial charge in [0.25, 0.3) is 10.0 Å². The van der Waals surface area contributed by atoms with Gasteiger partial charge in [-0.15, -0.1) is 0 Å². The first-order valence-electron chi connectivity index (χ1n) is 12.6. The Hall–Kier alpha value is -4.24. The Morgan fingerprint density at radius 1 is 1.00 bits per heavy atom. The van der Waals surface area contributed by atoms with Crippen molar-refractivity contribution in [2.24, 2.45) is 0 Å². The van der Waals surface area contributed by atoms with E-state index >= 15 is 0 Å². The van der Waals surface area contributed by atoms with Gasteiger partial charge in [-0.3, -0.25) is 4.31 Å². The van der Waals surface area contributed by atoms with Gasteiger partial charge in [-0.05, 0) is 48.0 Å². The van der Waals surface area contributed by atoms with Crippen LogP contribution in [0.15, 0.2) is 108 Å². The lowest BCUT2D eigenvalue weighted by Gasteiger charge is -2.39. The summed E-state index contributed by atoms with van der Waals surface area (Å²) < 4.78 is 30.8. The van der Waals surface area contributed by atoms with E-state index in [1.807, 2.05) is 77.6 Å². The SMILES string of the molecule is [B]c1ccc(-n2ncc3cc(N4CCN(S(=O)(=O)/C(C=C)=C/N(C)C)/C(=C/c5ccccc5)C4)ccc32)cc1. The number of aromatic nitrogens is 2. The first-order valence-corrected chi connectivity index (χ1v) is 14.1. The van der Waals surface area contributed by atoms with Crippen LogP contribution in [0.25, 0.3) is 22.7 Å². The maximum Gasteiger partial charge on any atom is 0.265 e. The van der Waals surface area contributed by atoms with E-state index in [0.717, 1.165) is 27.8 Å². The second kappa shape index (κ2) is 10.9. The third-order valence-electron chi connectivity index (χ3n) is 6.61. The molecule has 0 aliphatic carbocycles. The summed E-state index contributed by atoms with van der Waals surface area (Å²) in [6.45, 7) is 5.03. The average Bonchev–Trinajstić information content (AvgIpc) is 3.36. The fourth-order valence-electron chi connectivity index (χ4n) is 4.71. The lowest BCUT2D eigenvalue weighted by atomic mass is 9.96. The molecule has 2 heterocycles. The standard InChI is InChI=1S/C30H30BN5O2S/c1-4-29(22-33(2)3)39(37,38)35-17-16-34(21-28(35)18-23-8-6-5-7-9-23)27-14-15-30-24(19-27)20-32-36(30)26-12-10-25(31)11-13-26/h4-15,18-20,22H,1,16-17,21H2,2-3H3/b28-18+,29-22+. The molecule has 3 aromatic carbocycles. The quantitative estimate of drug-likeness (QED) is 0.266. The number of rotatable bonds is 7. The second-order valence-corrected chi connectivity index (χ2v) is 11.5. The summed E-state index contributed by atoms with van der Waals surface area (Å²) in [6, 6.07) is 23.6. The highest BCUT2D eigenvalue weighted by Crippen LogP contribution is 2.30. The van der Waals surface area contributed by atoms with E-state index in [1.165, 1.54) is 10.4 Å². The molecule has 5 rings (SSSR count). The van der Waals surface area contributed by atoms with E-state index in [9.17, 15) is 8.42 Å². The summed E-state index contributed by atoms with van der Waals surface area (Å²) in [6.07, 6.45) is 6.77. The molecule has 0 unspecified atom stereocenters. The van der Waals surface area contributed by atoms with Crippen LogP contribution in [0, 0.1) is 0 Å². The number of allylic oxidation sites excluding steroid dienone is 1. The zero-order valence-corrected chi connectivity index (χ0v) is 22.9. The highest BCUT2D eigenvalue weighted by atomic mass is 32.2. The van der Waals surface area contributed by atoms with Gasteiger partial charge in [0, 0.05) is 43.6 Å². The second-order valence-electron chi connectivity index (χ2n) is 9.64. The summed E-state index contributed by atoms with van der Waals surface area (Å²) in [5, 5.41) is 5.58. The molecule has 9 heteroatoms. The van der Waals surface area contributed by atoms with E-state index in [2.05, 4.69) is 28.7 Å². The molecular formula is C30H30BN5O2S. The Kier molecular flexibility index (Phi) is 7.35. The molecule has 39 heavy (non-hydrogen) atoms. The summed E-state index contributed by atoms with van der Waals surface area (Å²) in [4.78, 5) is 4.08. The van der Waals surface area contributed by atoms with Crippen molar-refractivity contribution in [2.75, 3.05) is 38.6 Å². The van der Waals surface area contributed by atoms with Gasteiger partial charge >= 0.3 is 0 Å². The van der Waals surface area contributed by atoms with Gasteiger partial charge in [0.2, 0.25) is 0 Å². The van der Waals surface area contributed by atoms with Crippen molar-refractivity contribution in [2.45, 2.75) is 0 Å². The number of hydrogen-bond acceptors (Lipinski definition) is 5. The first kappa shape index (κ1) is 26.4. The molecule has 1 fully saturated rings. The number of piperazine rings is 1. The van der Waals surface area contributed by atoms with E-state index < -0.39 is 10.0 Å². The van der Waals surface area contributed by atoms with Gasteiger partial charge in [-0.1, -0.05) is 54.5 Å². The summed E-state index contributed by atoms with van der Waals surface area (Å²) in [5.74, 6) is 0. The lowest BCUT2D eigenvalue weighted by molar-refractivity contribution is 0.449. The minimum absolute atomic E-state index is 0.163. The largest absolute Gasteiger partial charge is 0.382 e. The fraction of sp³-hybridized carbons (Fsp3) is 0.167. The topological polar surface area (TPSA) is 61.7 Å². The van der Waals surface area contributed by atoms with Gasteiger partial charge in [0.05, 0.1) is 30.5 Å². The molecule has 1 saturated heterocycles. The molecule has 0 spiro atoms. The molecule has 196 valence electrons. The summed E-state index contributed by atoms with van der Waals surface area (Å²) in [5.41, 5.74) is 5.25. The first-order chi connectivity index (χ1) is 18.8. The number of anilines is 1. The molecule has 7 nitrogen and oxygen atoms in total. The third kappa shape index (κ3) is 5.49. The molecule has 1 aromatic heterocycles. The van der Waals surface area contributed by atoms with Crippen molar-refractivity contribution in [3.05, 3.63) is 114 Å². The van der Waals surface area contributed by atoms with Gasteiger partial charge in [-0.2, -0.15) is 5.10 Å². The van der Waals surface area contributed by atoms with Crippen LogP contribution in [0.3, 0.4) is 0 Å². The van der Waals surface area contributed by atoms with Crippen molar-refractivity contribution in [1.29, 1.82) is 0 Å². The van der Waals surface area contributed by atoms with E-state index in [-0.39, 0.29) is 4.91 Å². The molecule has 0 amide bonds. The van der Waals surface area contributed by atoms with Crippen LogP contribution in [-0.2, 0) is 10.0 Å². The Morgan fingerprint density at radius 2 is 1.72 bits per heavy atom. The molecule has 1 aliphatic rings. The van der Waals surface area contributed by atoms with Gasteiger partial charge in [0.15, 0.2) is 0 Å². The van der Waals surface area contributed by atoms with E-state index in [1.54, 1.807) is 25.2 Å². The fourth-order valence-corrected chi connectivity index (χ4v) is 6.26. The smallest absolute Gasteiger partial charge is 0.265 e. The van der Waals surface area contributed by atoms with Crippen LogP contribution in [0.5, 0.6) is 0 Å². The van der Waals surface area contributed by atoms with E-state index in [0.29, 0.717) is 30.8 Å². The average molecular weight is 535 g/mol. The third-order valence-corrected chi connectivity index (χ3v) is 8.47. The van der Waals surface area contributed by atoms with Crippen LogP contribution in [0.1, 0.15) is 5.56 Å². The highest BCUT2D eigenvalue weighted by Gasteiger charge is 2.32. The van der Waals surface area contributed by atoms with Crippen molar-refractivity contribution in [3.8, 4) is 5.69 Å². The summed E-state index contributed by atoms with van der Waals surface area (Å²) in [7, 11) is 5.64. The molecule has 0 N–H and O–H groups in total. The minimum atomic E-state index is -3.79. The molecule has 0 saturated carbocycles. The monoisotopic (exact) mass is 535 g/mol. The zero-order valence-electron chi connectivity index (χ0n) is 22.1. The van der Waals surface area contributed by atoms with Crippen LogP contribution in [-0.4, -0.2) is 69.0 Å². The van der Waals surface area contributed by atoms with Crippen LogP contribution >= 0.6 is 0 Å². The van der Waals surface area contributed by atoms with Gasteiger partial charge in [0.1, 0.15) is 12.8 Å². The van der Waals surface area contributed by atoms with Crippen molar-refractivity contribution in [3.63, 3.8) is 0 Å². The minimum Gasteiger partial charge on any atom is -0.382 e. The van der Waals surface area contributed by atoms with Crippen molar-refractivity contribution >= 4 is 46.0 Å². The maximum atomic E-state index is 13.7. The molecule has 4 aromatic rings. The lowest BCUT2D eigenvalue weighted by Crippen LogP contribution is -2.47. The number of fused-ring (bicyclic) bond motifs is 1. The predicted octanol–water partition coefficient (Wildman–Crippen LogP) is 3.90.